The lowest BCUT2D eigenvalue weighted by Gasteiger charge is -2.37. The quantitative estimate of drug-likeness (QED) is 0.486. The Hall–Kier alpha value is -4.06. The van der Waals surface area contributed by atoms with Crippen molar-refractivity contribution >= 4 is 34.9 Å². The molecule has 0 radical (unpaired) electrons. The third-order valence-electron chi connectivity index (χ3n) is 8.07. The topological polar surface area (TPSA) is 66.5 Å². The lowest BCUT2D eigenvalue weighted by atomic mass is 9.64. The Balaban J connectivity index is 1.60. The van der Waals surface area contributed by atoms with E-state index in [4.69, 9.17) is 0 Å². The molecule has 3 heterocycles. The number of hydrogen-bond donors (Lipinski definition) is 1. The van der Waals surface area contributed by atoms with Crippen molar-refractivity contribution in [1.29, 1.82) is 0 Å². The minimum Gasteiger partial charge on any atom is -0.352 e. The summed E-state index contributed by atoms with van der Waals surface area (Å²) in [5, 5.41) is 2.99. The van der Waals surface area contributed by atoms with Gasteiger partial charge in [-0.3, -0.25) is 14.4 Å². The van der Waals surface area contributed by atoms with Gasteiger partial charge in [0.15, 0.2) is 11.6 Å². The normalized spacial score (nSPS) is 25.0. The van der Waals surface area contributed by atoms with Gasteiger partial charge in [-0.15, -0.1) is 0 Å². The average Bonchev–Trinajstić information content (AvgIpc) is 3.37. The smallest absolute Gasteiger partial charge is 0.238 e. The van der Waals surface area contributed by atoms with Gasteiger partial charge in [-0.1, -0.05) is 68.0 Å². The molecular formula is C31H27FN2O3. The van der Waals surface area contributed by atoms with Gasteiger partial charge in [0.05, 0.1) is 18.0 Å². The molecule has 1 amide bonds. The summed E-state index contributed by atoms with van der Waals surface area (Å²) in [5.41, 5.74) is 2.87. The van der Waals surface area contributed by atoms with Gasteiger partial charge in [-0.25, -0.2) is 4.39 Å². The average molecular weight is 495 g/mol. The first-order chi connectivity index (χ1) is 17.9. The Morgan fingerprint density at radius 3 is 2.54 bits per heavy atom. The van der Waals surface area contributed by atoms with Gasteiger partial charge in [0.2, 0.25) is 5.91 Å². The third kappa shape index (κ3) is 3.24. The van der Waals surface area contributed by atoms with Crippen LogP contribution in [0.25, 0.3) is 6.08 Å². The van der Waals surface area contributed by atoms with E-state index >= 15 is 0 Å². The predicted molar refractivity (Wildman–Crippen MR) is 141 cm³/mol. The number of carbonyl (C=O) groups excluding carboxylic acids is 3. The summed E-state index contributed by atoms with van der Waals surface area (Å²) in [6.07, 6.45) is 5.53. The second-order valence-electron chi connectivity index (χ2n) is 10.1. The van der Waals surface area contributed by atoms with E-state index in [9.17, 15) is 18.8 Å². The van der Waals surface area contributed by atoms with Crippen molar-refractivity contribution in [3.63, 3.8) is 0 Å². The van der Waals surface area contributed by atoms with Crippen LogP contribution < -0.4 is 10.2 Å². The molecule has 3 aromatic rings. The van der Waals surface area contributed by atoms with E-state index in [-0.39, 0.29) is 23.3 Å². The zero-order valence-electron chi connectivity index (χ0n) is 20.7. The number of nitrogens with one attached hydrogen (secondary N) is 1. The molecule has 1 fully saturated rings. The number of halogens is 1. The van der Waals surface area contributed by atoms with Crippen LogP contribution in [-0.2, 0) is 21.4 Å². The Morgan fingerprint density at radius 2 is 1.81 bits per heavy atom. The van der Waals surface area contributed by atoms with Crippen molar-refractivity contribution in [1.82, 2.24) is 0 Å². The predicted octanol–water partition coefficient (Wildman–Crippen LogP) is 5.34. The summed E-state index contributed by atoms with van der Waals surface area (Å²) in [7, 11) is 0. The minimum absolute atomic E-state index is 0.217. The van der Waals surface area contributed by atoms with Crippen LogP contribution in [0.5, 0.6) is 0 Å². The van der Waals surface area contributed by atoms with Crippen LogP contribution in [0.1, 0.15) is 47.3 Å². The van der Waals surface area contributed by atoms with E-state index in [1.165, 1.54) is 19.1 Å². The third-order valence-corrected chi connectivity index (χ3v) is 8.07. The number of hydrogen-bond acceptors (Lipinski definition) is 4. The van der Waals surface area contributed by atoms with Crippen molar-refractivity contribution in [3.05, 3.63) is 101 Å². The van der Waals surface area contributed by atoms with Crippen LogP contribution in [0.2, 0.25) is 0 Å². The maximum absolute atomic E-state index is 14.4. The molecule has 1 N–H and O–H groups in total. The molecule has 0 aliphatic carbocycles. The van der Waals surface area contributed by atoms with E-state index < -0.39 is 23.4 Å². The fourth-order valence-electron chi connectivity index (χ4n) is 6.61. The molecule has 3 aliphatic heterocycles. The molecule has 37 heavy (non-hydrogen) atoms. The van der Waals surface area contributed by atoms with Crippen molar-refractivity contribution < 1.29 is 18.8 Å². The molecule has 4 atom stereocenters. The summed E-state index contributed by atoms with van der Waals surface area (Å²) in [6.45, 7) is 3.56. The number of nitrogens with zero attached hydrogens (tertiary/aromatic N) is 1. The summed E-state index contributed by atoms with van der Waals surface area (Å²) in [5.74, 6) is -2.13. The van der Waals surface area contributed by atoms with Crippen LogP contribution in [0, 0.1) is 11.7 Å². The Kier molecular flexibility index (Phi) is 5.37. The van der Waals surface area contributed by atoms with Crippen molar-refractivity contribution in [2.75, 3.05) is 10.2 Å². The van der Waals surface area contributed by atoms with Gasteiger partial charge in [0, 0.05) is 22.5 Å². The molecule has 0 aromatic heterocycles. The van der Waals surface area contributed by atoms with Crippen LogP contribution in [0.4, 0.5) is 15.8 Å². The molecule has 5 nitrogen and oxygen atoms in total. The summed E-state index contributed by atoms with van der Waals surface area (Å²) in [4.78, 5) is 43.7. The van der Waals surface area contributed by atoms with Gasteiger partial charge in [-0.2, -0.15) is 0 Å². The first-order valence-corrected chi connectivity index (χ1v) is 12.7. The number of anilines is 2. The molecule has 3 aromatic carbocycles. The summed E-state index contributed by atoms with van der Waals surface area (Å²) in [6, 6.07) is 17.8. The molecule has 3 aliphatic rings. The number of ketones is 2. The van der Waals surface area contributed by atoms with Crippen LogP contribution in [-0.4, -0.2) is 29.6 Å². The van der Waals surface area contributed by atoms with Crippen molar-refractivity contribution in [2.24, 2.45) is 5.92 Å². The number of Topliss-reactive ketones (excluding diaryl/α,β-unsaturated/α-hetero) is 2. The summed E-state index contributed by atoms with van der Waals surface area (Å²) < 4.78 is 14.1. The number of aryl methyl sites for hydroxylation is 1. The molecule has 0 bridgehead atoms. The van der Waals surface area contributed by atoms with E-state index in [1.807, 2.05) is 47.4 Å². The Bertz CT molecular complexity index is 1480. The Morgan fingerprint density at radius 1 is 1.05 bits per heavy atom. The SMILES string of the molecule is CCCc1ccc(C(=O)[C@@H]2[C@@H](C(C)=O)N3c4ccc(F)cc4C=C[C@@H]3[C@@]23C(=O)Nc2ccccc23)cc1. The monoisotopic (exact) mass is 494 g/mol. The zero-order chi connectivity index (χ0) is 25.9. The molecule has 6 rings (SSSR count). The second-order valence-corrected chi connectivity index (χ2v) is 10.1. The van der Waals surface area contributed by atoms with Crippen LogP contribution in [0.3, 0.4) is 0 Å². The largest absolute Gasteiger partial charge is 0.352 e. The van der Waals surface area contributed by atoms with E-state index in [0.717, 1.165) is 18.4 Å². The lowest BCUT2D eigenvalue weighted by molar-refractivity contribution is -0.122. The number of amides is 1. The van der Waals surface area contributed by atoms with Crippen molar-refractivity contribution in [2.45, 2.75) is 44.2 Å². The fourth-order valence-corrected chi connectivity index (χ4v) is 6.61. The molecule has 1 spiro atoms. The van der Waals surface area contributed by atoms with Crippen molar-refractivity contribution in [3.8, 4) is 0 Å². The maximum atomic E-state index is 14.4. The zero-order valence-corrected chi connectivity index (χ0v) is 20.7. The molecule has 186 valence electrons. The van der Waals surface area contributed by atoms with E-state index in [1.54, 1.807) is 24.3 Å². The highest BCUT2D eigenvalue weighted by molar-refractivity contribution is 6.16. The maximum Gasteiger partial charge on any atom is 0.238 e. The molecule has 6 heteroatoms. The minimum atomic E-state index is -1.32. The molecule has 0 unspecified atom stereocenters. The van der Waals surface area contributed by atoms with Gasteiger partial charge in [0.25, 0.3) is 0 Å². The number of carbonyl (C=O) groups is 3. The van der Waals surface area contributed by atoms with Crippen LogP contribution >= 0.6 is 0 Å². The van der Waals surface area contributed by atoms with Gasteiger partial charge >= 0.3 is 0 Å². The standard InChI is InChI=1S/C31H27FN2O3/c1-3-6-19-9-11-20(12-10-19)29(36)27-28(18(2)35)34-25-15-14-22(32)17-21(25)13-16-26(34)31(27)23-7-4-5-8-24(23)33-30(31)37/h4-5,7-17,26-28H,3,6H2,1-2H3,(H,33,37)/t26-,27+,28-,31-/m1/s1. The lowest BCUT2D eigenvalue weighted by Crippen LogP contribution is -2.51. The molecule has 1 saturated heterocycles. The number of rotatable bonds is 5. The van der Waals surface area contributed by atoms with Gasteiger partial charge in [-0.05, 0) is 48.7 Å². The number of fused-ring (bicyclic) bond motifs is 6. The van der Waals surface area contributed by atoms with Gasteiger partial charge in [0.1, 0.15) is 11.2 Å². The molecular weight excluding hydrogens is 467 g/mol. The summed E-state index contributed by atoms with van der Waals surface area (Å²) >= 11 is 0. The number of para-hydroxylation sites is 1. The Labute approximate surface area is 215 Å². The highest BCUT2D eigenvalue weighted by Crippen LogP contribution is 2.57. The first-order valence-electron chi connectivity index (χ1n) is 12.7. The van der Waals surface area contributed by atoms with Gasteiger partial charge < -0.3 is 10.2 Å². The fraction of sp³-hybridized carbons (Fsp3) is 0.258. The number of benzene rings is 3. The van der Waals surface area contributed by atoms with E-state index in [0.29, 0.717) is 28.1 Å². The highest BCUT2D eigenvalue weighted by atomic mass is 19.1. The first kappa shape index (κ1) is 23.3. The highest BCUT2D eigenvalue weighted by Gasteiger charge is 2.69. The second kappa shape index (κ2) is 8.51. The van der Waals surface area contributed by atoms with E-state index in [2.05, 4.69) is 12.2 Å². The molecule has 0 saturated carbocycles. The van der Waals surface area contributed by atoms with Crippen LogP contribution in [0.15, 0.2) is 72.8 Å².